The van der Waals surface area contributed by atoms with Crippen molar-refractivity contribution in [1.29, 1.82) is 0 Å². The zero-order chi connectivity index (χ0) is 13.7. The van der Waals surface area contributed by atoms with Gasteiger partial charge in [0, 0.05) is 22.6 Å². The van der Waals surface area contributed by atoms with E-state index in [0.29, 0.717) is 5.56 Å². The molecule has 1 rings (SSSR count). The molecular weight excluding hydrogens is 304 g/mol. The second-order valence-corrected chi connectivity index (χ2v) is 4.57. The Labute approximate surface area is 113 Å². The minimum absolute atomic E-state index is 0.0164. The molecule has 1 N–H and O–H groups in total. The predicted octanol–water partition coefficient (Wildman–Crippen LogP) is 2.01. The van der Waals surface area contributed by atoms with Crippen LogP contribution in [-0.2, 0) is 16.1 Å². The third kappa shape index (κ3) is 3.78. The molecule has 0 bridgehead atoms. The summed E-state index contributed by atoms with van der Waals surface area (Å²) in [4.78, 5) is 21.6. The Morgan fingerprint density at radius 1 is 1.61 bits per heavy atom. The van der Waals surface area contributed by atoms with Gasteiger partial charge in [-0.15, -0.1) is 0 Å². The molecule has 1 unspecified atom stereocenters. The van der Waals surface area contributed by atoms with Crippen molar-refractivity contribution in [3.63, 3.8) is 0 Å². The fraction of sp³-hybridized carbons (Fsp3) is 0.364. The number of methoxy groups -OCH3 is 1. The number of ether oxygens (including phenoxy) is 1. The molecule has 0 aliphatic rings. The lowest BCUT2D eigenvalue weighted by Crippen LogP contribution is -2.34. The Kier molecular flexibility index (Phi) is 5.24. The molecule has 1 aromatic rings. The number of carbonyl (C=O) groups is 1. The Balaban J connectivity index is 2.80. The van der Waals surface area contributed by atoms with Gasteiger partial charge >= 0.3 is 5.97 Å². The highest BCUT2D eigenvalue weighted by molar-refractivity contribution is 9.10. The van der Waals surface area contributed by atoms with Gasteiger partial charge in [-0.25, -0.2) is 0 Å². The van der Waals surface area contributed by atoms with E-state index in [1.54, 1.807) is 19.1 Å². The van der Waals surface area contributed by atoms with Gasteiger partial charge in [0.25, 0.3) is 5.69 Å². The van der Waals surface area contributed by atoms with E-state index >= 15 is 0 Å². The molecule has 0 saturated heterocycles. The van der Waals surface area contributed by atoms with Crippen molar-refractivity contribution in [2.75, 3.05) is 7.11 Å². The first-order chi connectivity index (χ1) is 8.45. The van der Waals surface area contributed by atoms with Crippen LogP contribution >= 0.6 is 15.9 Å². The highest BCUT2D eigenvalue weighted by Gasteiger charge is 2.17. The van der Waals surface area contributed by atoms with Crippen LogP contribution in [0.5, 0.6) is 0 Å². The minimum atomic E-state index is -0.520. The van der Waals surface area contributed by atoms with Gasteiger partial charge in [-0.3, -0.25) is 14.9 Å². The van der Waals surface area contributed by atoms with E-state index in [4.69, 9.17) is 0 Å². The Bertz CT molecular complexity index is 464. The minimum Gasteiger partial charge on any atom is -0.468 e. The zero-order valence-corrected chi connectivity index (χ0v) is 11.6. The van der Waals surface area contributed by atoms with Crippen molar-refractivity contribution < 1.29 is 14.5 Å². The number of nitro benzene ring substituents is 1. The summed E-state index contributed by atoms with van der Waals surface area (Å²) in [6, 6.07) is 4.15. The van der Waals surface area contributed by atoms with Crippen molar-refractivity contribution in [2.24, 2.45) is 0 Å². The molecule has 0 radical (unpaired) electrons. The SMILES string of the molecule is COC(=O)C(C)NCc1cc(Br)ccc1[N+](=O)[O-]. The van der Waals surface area contributed by atoms with Gasteiger partial charge in [-0.1, -0.05) is 15.9 Å². The number of halogens is 1. The summed E-state index contributed by atoms with van der Waals surface area (Å²) in [7, 11) is 1.29. The van der Waals surface area contributed by atoms with Crippen molar-refractivity contribution in [1.82, 2.24) is 5.32 Å². The fourth-order valence-corrected chi connectivity index (χ4v) is 1.81. The maximum absolute atomic E-state index is 11.2. The molecule has 0 aromatic heterocycles. The standard InChI is InChI=1S/C11H13BrN2O4/c1-7(11(15)18-2)13-6-8-5-9(12)3-4-10(8)14(16)17/h3-5,7,13H,6H2,1-2H3. The summed E-state index contributed by atoms with van der Waals surface area (Å²) >= 11 is 3.25. The van der Waals surface area contributed by atoms with Crippen LogP contribution in [0.2, 0.25) is 0 Å². The summed E-state index contributed by atoms with van der Waals surface area (Å²) in [6.07, 6.45) is 0. The number of nitro groups is 1. The van der Waals surface area contributed by atoms with Crippen LogP contribution < -0.4 is 5.32 Å². The van der Waals surface area contributed by atoms with Crippen LogP contribution in [0.15, 0.2) is 22.7 Å². The average molecular weight is 317 g/mol. The second-order valence-electron chi connectivity index (χ2n) is 3.66. The Hall–Kier alpha value is -1.47. The zero-order valence-electron chi connectivity index (χ0n) is 9.97. The smallest absolute Gasteiger partial charge is 0.322 e. The number of rotatable bonds is 5. The van der Waals surface area contributed by atoms with Gasteiger partial charge in [0.2, 0.25) is 0 Å². The molecule has 0 heterocycles. The first-order valence-corrected chi connectivity index (χ1v) is 5.99. The molecule has 0 amide bonds. The number of hydrogen-bond acceptors (Lipinski definition) is 5. The predicted molar refractivity (Wildman–Crippen MR) is 69.1 cm³/mol. The van der Waals surface area contributed by atoms with Crippen LogP contribution in [0.25, 0.3) is 0 Å². The number of nitrogens with one attached hydrogen (secondary N) is 1. The first-order valence-electron chi connectivity index (χ1n) is 5.19. The van der Waals surface area contributed by atoms with E-state index in [1.165, 1.54) is 13.2 Å². The molecule has 98 valence electrons. The molecule has 0 spiro atoms. The van der Waals surface area contributed by atoms with Crippen molar-refractivity contribution in [2.45, 2.75) is 19.5 Å². The molecule has 0 aliphatic heterocycles. The lowest BCUT2D eigenvalue weighted by Gasteiger charge is -2.11. The molecule has 7 heteroatoms. The van der Waals surface area contributed by atoms with Crippen LogP contribution in [0, 0.1) is 10.1 Å². The van der Waals surface area contributed by atoms with Crippen molar-refractivity contribution >= 4 is 27.6 Å². The molecule has 0 fully saturated rings. The fourth-order valence-electron chi connectivity index (χ4n) is 1.40. The van der Waals surface area contributed by atoms with Gasteiger partial charge in [0.1, 0.15) is 6.04 Å². The van der Waals surface area contributed by atoms with Crippen LogP contribution in [0.3, 0.4) is 0 Å². The van der Waals surface area contributed by atoms with E-state index in [1.807, 2.05) is 0 Å². The van der Waals surface area contributed by atoms with Gasteiger partial charge in [0.15, 0.2) is 0 Å². The molecule has 18 heavy (non-hydrogen) atoms. The maximum Gasteiger partial charge on any atom is 0.322 e. The van der Waals surface area contributed by atoms with Crippen molar-refractivity contribution in [3.8, 4) is 0 Å². The van der Waals surface area contributed by atoms with Gasteiger partial charge in [0.05, 0.1) is 12.0 Å². The summed E-state index contributed by atoms with van der Waals surface area (Å²) in [5.74, 6) is -0.410. The molecule has 0 saturated carbocycles. The van der Waals surface area contributed by atoms with E-state index in [-0.39, 0.29) is 12.2 Å². The summed E-state index contributed by atoms with van der Waals surface area (Å²) in [5, 5.41) is 13.7. The number of hydrogen-bond donors (Lipinski definition) is 1. The lowest BCUT2D eigenvalue weighted by molar-refractivity contribution is -0.385. The summed E-state index contributed by atoms with van der Waals surface area (Å²) in [5.41, 5.74) is 0.521. The molecular formula is C11H13BrN2O4. The van der Waals surface area contributed by atoms with E-state index in [0.717, 1.165) is 4.47 Å². The first kappa shape index (κ1) is 14.6. The quantitative estimate of drug-likeness (QED) is 0.510. The van der Waals surface area contributed by atoms with Crippen LogP contribution in [0.1, 0.15) is 12.5 Å². The topological polar surface area (TPSA) is 81.5 Å². The molecule has 6 nitrogen and oxygen atoms in total. The molecule has 1 aromatic carbocycles. The summed E-state index contributed by atoms with van der Waals surface area (Å²) in [6.45, 7) is 1.85. The van der Waals surface area contributed by atoms with E-state index < -0.39 is 16.9 Å². The maximum atomic E-state index is 11.2. The number of benzene rings is 1. The highest BCUT2D eigenvalue weighted by Crippen LogP contribution is 2.22. The van der Waals surface area contributed by atoms with Gasteiger partial charge in [-0.05, 0) is 19.1 Å². The molecule has 1 atom stereocenters. The highest BCUT2D eigenvalue weighted by atomic mass is 79.9. The number of nitrogens with zero attached hydrogens (tertiary/aromatic N) is 1. The largest absolute Gasteiger partial charge is 0.468 e. The van der Waals surface area contributed by atoms with Gasteiger partial charge < -0.3 is 10.1 Å². The van der Waals surface area contributed by atoms with Crippen molar-refractivity contribution in [3.05, 3.63) is 38.3 Å². The second kappa shape index (κ2) is 6.46. The normalized spacial score (nSPS) is 11.9. The Morgan fingerprint density at radius 3 is 2.83 bits per heavy atom. The summed E-state index contributed by atoms with van der Waals surface area (Å²) < 4.78 is 5.30. The lowest BCUT2D eigenvalue weighted by atomic mass is 10.1. The third-order valence-electron chi connectivity index (χ3n) is 2.39. The molecule has 0 aliphatic carbocycles. The average Bonchev–Trinajstić information content (AvgIpc) is 2.34. The Morgan fingerprint density at radius 2 is 2.28 bits per heavy atom. The van der Waals surface area contributed by atoms with Crippen LogP contribution in [0.4, 0.5) is 5.69 Å². The van der Waals surface area contributed by atoms with Crippen LogP contribution in [-0.4, -0.2) is 24.0 Å². The van der Waals surface area contributed by atoms with Gasteiger partial charge in [-0.2, -0.15) is 0 Å². The van der Waals surface area contributed by atoms with E-state index in [2.05, 4.69) is 26.0 Å². The monoisotopic (exact) mass is 316 g/mol. The third-order valence-corrected chi connectivity index (χ3v) is 2.88. The van der Waals surface area contributed by atoms with E-state index in [9.17, 15) is 14.9 Å². The number of carbonyl (C=O) groups excluding carboxylic acids is 1. The number of esters is 1.